The fourth-order valence-corrected chi connectivity index (χ4v) is 4.35. The summed E-state index contributed by atoms with van der Waals surface area (Å²) in [5, 5.41) is 7.67. The number of amides is 1. The number of aromatic amines is 1. The first-order valence-corrected chi connectivity index (χ1v) is 11.4. The molecule has 1 amide bonds. The van der Waals surface area contributed by atoms with E-state index in [1.807, 2.05) is 78.9 Å². The summed E-state index contributed by atoms with van der Waals surface area (Å²) in [7, 11) is 1.66. The van der Waals surface area contributed by atoms with Crippen molar-refractivity contribution in [3.05, 3.63) is 120 Å². The minimum Gasteiger partial charge on any atom is -0.495 e. The first kappa shape index (κ1) is 22.2. The summed E-state index contributed by atoms with van der Waals surface area (Å²) in [6.07, 6.45) is 1.79. The Morgan fingerprint density at radius 2 is 1.71 bits per heavy atom. The van der Waals surface area contributed by atoms with Crippen LogP contribution in [0.1, 0.15) is 33.4 Å². The van der Waals surface area contributed by atoms with Gasteiger partial charge in [-0.1, -0.05) is 36.4 Å². The summed E-state index contributed by atoms with van der Waals surface area (Å²) in [6, 6.07) is 28.6. The SMILES string of the molecule is COc1ccccc1NC(c1ccccn1)c1c(C)[nH]c2ccc(NC(=O)c3ccccc3)cc12. The van der Waals surface area contributed by atoms with Crippen molar-refractivity contribution in [2.45, 2.75) is 13.0 Å². The first-order chi connectivity index (χ1) is 17.1. The lowest BCUT2D eigenvalue weighted by Gasteiger charge is -2.22. The zero-order chi connectivity index (χ0) is 24.2. The van der Waals surface area contributed by atoms with E-state index in [1.165, 1.54) is 0 Å². The molecule has 0 saturated heterocycles. The maximum Gasteiger partial charge on any atom is 0.255 e. The Hall–Kier alpha value is -4.58. The van der Waals surface area contributed by atoms with Crippen LogP contribution in [-0.4, -0.2) is 23.0 Å². The molecule has 5 rings (SSSR count). The number of para-hydroxylation sites is 2. The van der Waals surface area contributed by atoms with Crippen LogP contribution in [-0.2, 0) is 0 Å². The van der Waals surface area contributed by atoms with Gasteiger partial charge in [-0.05, 0) is 61.5 Å². The van der Waals surface area contributed by atoms with Gasteiger partial charge in [0.2, 0.25) is 0 Å². The molecule has 0 aliphatic heterocycles. The van der Waals surface area contributed by atoms with Gasteiger partial charge in [0, 0.05) is 39.6 Å². The molecule has 174 valence electrons. The lowest BCUT2D eigenvalue weighted by molar-refractivity contribution is 0.102. The Labute approximate surface area is 204 Å². The Bertz CT molecular complexity index is 1460. The van der Waals surface area contributed by atoms with Crippen LogP contribution in [0, 0.1) is 6.92 Å². The molecular weight excluding hydrogens is 436 g/mol. The van der Waals surface area contributed by atoms with Gasteiger partial charge in [-0.15, -0.1) is 0 Å². The maximum absolute atomic E-state index is 12.8. The Morgan fingerprint density at radius 3 is 2.49 bits per heavy atom. The summed E-state index contributed by atoms with van der Waals surface area (Å²) < 4.78 is 5.58. The van der Waals surface area contributed by atoms with Gasteiger partial charge in [-0.2, -0.15) is 0 Å². The number of fused-ring (bicyclic) bond motifs is 1. The molecule has 0 fully saturated rings. The summed E-state index contributed by atoms with van der Waals surface area (Å²) in [5.74, 6) is 0.605. The molecule has 0 saturated carbocycles. The molecule has 3 N–H and O–H groups in total. The minimum atomic E-state index is -0.249. The van der Waals surface area contributed by atoms with Crippen molar-refractivity contribution in [3.8, 4) is 5.75 Å². The molecule has 35 heavy (non-hydrogen) atoms. The van der Waals surface area contributed by atoms with Crippen molar-refractivity contribution in [2.24, 2.45) is 0 Å². The van der Waals surface area contributed by atoms with Gasteiger partial charge in [-0.25, -0.2) is 0 Å². The van der Waals surface area contributed by atoms with Gasteiger partial charge in [-0.3, -0.25) is 9.78 Å². The Balaban J connectivity index is 1.58. The number of carbonyl (C=O) groups excluding carboxylic acids is 1. The molecule has 5 aromatic rings. The van der Waals surface area contributed by atoms with Gasteiger partial charge in [0.15, 0.2) is 0 Å². The van der Waals surface area contributed by atoms with E-state index in [-0.39, 0.29) is 11.9 Å². The number of pyridine rings is 1. The van der Waals surface area contributed by atoms with Crippen LogP contribution in [0.2, 0.25) is 0 Å². The second kappa shape index (κ2) is 9.73. The molecule has 2 aromatic heterocycles. The van der Waals surface area contributed by atoms with Crippen LogP contribution >= 0.6 is 0 Å². The summed E-state index contributed by atoms with van der Waals surface area (Å²) in [5.41, 5.74) is 6.14. The fraction of sp³-hybridized carbons (Fsp3) is 0.103. The number of ether oxygens (including phenoxy) is 1. The molecule has 0 spiro atoms. The number of aryl methyl sites for hydroxylation is 1. The average Bonchev–Trinajstić information content (AvgIpc) is 3.23. The molecule has 0 bridgehead atoms. The third-order valence-electron chi connectivity index (χ3n) is 6.01. The molecule has 0 aliphatic carbocycles. The second-order valence-electron chi connectivity index (χ2n) is 8.28. The predicted octanol–water partition coefficient (Wildman–Crippen LogP) is 6.33. The van der Waals surface area contributed by atoms with Crippen LogP contribution in [0.25, 0.3) is 10.9 Å². The molecule has 0 radical (unpaired) electrons. The maximum atomic E-state index is 12.8. The molecule has 1 atom stereocenters. The Kier molecular flexibility index (Phi) is 6.18. The molecule has 1 unspecified atom stereocenters. The number of anilines is 2. The van der Waals surface area contributed by atoms with Crippen LogP contribution < -0.4 is 15.4 Å². The minimum absolute atomic E-state index is 0.146. The molecule has 6 nitrogen and oxygen atoms in total. The lowest BCUT2D eigenvalue weighted by atomic mass is 9.98. The quantitative estimate of drug-likeness (QED) is 0.264. The largest absolute Gasteiger partial charge is 0.495 e. The summed E-state index contributed by atoms with van der Waals surface area (Å²) in [4.78, 5) is 20.9. The van der Waals surface area contributed by atoms with Crippen molar-refractivity contribution < 1.29 is 9.53 Å². The van der Waals surface area contributed by atoms with E-state index in [1.54, 1.807) is 25.4 Å². The van der Waals surface area contributed by atoms with E-state index in [2.05, 4.69) is 27.5 Å². The highest BCUT2D eigenvalue weighted by Gasteiger charge is 2.23. The van der Waals surface area contributed by atoms with E-state index >= 15 is 0 Å². The zero-order valence-electron chi connectivity index (χ0n) is 19.6. The van der Waals surface area contributed by atoms with E-state index in [0.717, 1.165) is 45.0 Å². The fourth-order valence-electron chi connectivity index (χ4n) is 4.35. The number of rotatable bonds is 7. The number of nitrogens with zero attached hydrogens (tertiary/aromatic N) is 1. The molecule has 0 aliphatic rings. The predicted molar refractivity (Wildman–Crippen MR) is 140 cm³/mol. The highest BCUT2D eigenvalue weighted by Crippen LogP contribution is 2.37. The van der Waals surface area contributed by atoms with Crippen LogP contribution in [0.15, 0.2) is 97.2 Å². The number of methoxy groups -OCH3 is 1. The molecule has 6 heteroatoms. The number of H-pyrrole nitrogens is 1. The average molecular weight is 463 g/mol. The van der Waals surface area contributed by atoms with Crippen molar-refractivity contribution in [1.82, 2.24) is 9.97 Å². The van der Waals surface area contributed by atoms with Crippen molar-refractivity contribution in [1.29, 1.82) is 0 Å². The Morgan fingerprint density at radius 1 is 0.943 bits per heavy atom. The summed E-state index contributed by atoms with van der Waals surface area (Å²) in [6.45, 7) is 2.05. The number of benzene rings is 3. The van der Waals surface area contributed by atoms with E-state index in [4.69, 9.17) is 4.74 Å². The van der Waals surface area contributed by atoms with Crippen LogP contribution in [0.5, 0.6) is 5.75 Å². The van der Waals surface area contributed by atoms with Gasteiger partial charge in [0.25, 0.3) is 5.91 Å². The number of nitrogens with one attached hydrogen (secondary N) is 3. The first-order valence-electron chi connectivity index (χ1n) is 11.4. The van der Waals surface area contributed by atoms with E-state index < -0.39 is 0 Å². The standard InChI is InChI=1S/C29H26N4O2/c1-19-27(28(25-13-8-9-17-30-25)33-24-12-6-7-14-26(24)35-2)22-18-21(15-16-23(22)31-19)32-29(34)20-10-4-3-5-11-20/h3-18,28,31,33H,1-2H3,(H,32,34). The van der Waals surface area contributed by atoms with Crippen molar-refractivity contribution in [2.75, 3.05) is 17.7 Å². The van der Waals surface area contributed by atoms with E-state index in [9.17, 15) is 4.79 Å². The topological polar surface area (TPSA) is 79.0 Å². The normalized spacial score (nSPS) is 11.7. The monoisotopic (exact) mass is 462 g/mol. The number of carbonyl (C=O) groups is 1. The van der Waals surface area contributed by atoms with Gasteiger partial charge in [0.05, 0.1) is 24.5 Å². The number of aromatic nitrogens is 2. The zero-order valence-corrected chi connectivity index (χ0v) is 19.6. The number of hydrogen-bond acceptors (Lipinski definition) is 4. The second-order valence-corrected chi connectivity index (χ2v) is 8.28. The smallest absolute Gasteiger partial charge is 0.255 e. The van der Waals surface area contributed by atoms with E-state index in [0.29, 0.717) is 5.56 Å². The van der Waals surface area contributed by atoms with Gasteiger partial charge in [0.1, 0.15) is 5.75 Å². The molecule has 2 heterocycles. The highest BCUT2D eigenvalue weighted by molar-refractivity contribution is 6.05. The van der Waals surface area contributed by atoms with Crippen LogP contribution in [0.4, 0.5) is 11.4 Å². The van der Waals surface area contributed by atoms with Crippen LogP contribution in [0.3, 0.4) is 0 Å². The van der Waals surface area contributed by atoms with Crippen molar-refractivity contribution >= 4 is 28.2 Å². The van der Waals surface area contributed by atoms with Crippen molar-refractivity contribution in [3.63, 3.8) is 0 Å². The van der Waals surface area contributed by atoms with Gasteiger partial charge < -0.3 is 20.4 Å². The highest BCUT2D eigenvalue weighted by atomic mass is 16.5. The molecular formula is C29H26N4O2. The number of hydrogen-bond donors (Lipinski definition) is 3. The molecule has 3 aromatic carbocycles. The third kappa shape index (κ3) is 4.59. The summed E-state index contributed by atoms with van der Waals surface area (Å²) >= 11 is 0. The third-order valence-corrected chi connectivity index (χ3v) is 6.01. The van der Waals surface area contributed by atoms with Gasteiger partial charge >= 0.3 is 0 Å². The lowest BCUT2D eigenvalue weighted by Crippen LogP contribution is -2.15.